The van der Waals surface area contributed by atoms with Crippen LogP contribution in [0.1, 0.15) is 35.3 Å². The molecule has 1 atom stereocenters. The van der Waals surface area contributed by atoms with Crippen molar-refractivity contribution in [3.63, 3.8) is 0 Å². The largest absolute Gasteiger partial charge is 0.496 e. The number of nitrogens with one attached hydrogen (secondary N) is 1. The van der Waals surface area contributed by atoms with Crippen molar-refractivity contribution in [3.05, 3.63) is 59.2 Å². The van der Waals surface area contributed by atoms with Gasteiger partial charge in [0.05, 0.1) is 12.4 Å². The van der Waals surface area contributed by atoms with Crippen molar-refractivity contribution in [2.45, 2.75) is 31.8 Å². The number of carbonyl (C=O) groups is 2. The highest BCUT2D eigenvalue weighted by Gasteiger charge is 2.15. The lowest BCUT2D eigenvalue weighted by Crippen LogP contribution is -2.22. The summed E-state index contributed by atoms with van der Waals surface area (Å²) in [5.41, 5.74) is 3.46. The fraction of sp³-hybridized carbons (Fsp3) is 0.300. The zero-order valence-electron chi connectivity index (χ0n) is 15.0. The number of aryl methyl sites for hydroxylation is 1. The van der Waals surface area contributed by atoms with Crippen LogP contribution in [0.3, 0.4) is 0 Å². The Morgan fingerprint density at radius 3 is 2.60 bits per heavy atom. The van der Waals surface area contributed by atoms with E-state index in [1.54, 1.807) is 19.2 Å². The minimum absolute atomic E-state index is 0.0131. The third-order valence-electron chi connectivity index (χ3n) is 3.83. The van der Waals surface area contributed by atoms with Crippen LogP contribution < -0.4 is 10.1 Å². The lowest BCUT2D eigenvalue weighted by Gasteiger charge is -2.14. The Kier molecular flexibility index (Phi) is 6.65. The van der Waals surface area contributed by atoms with Gasteiger partial charge in [0.1, 0.15) is 5.75 Å². The van der Waals surface area contributed by atoms with Gasteiger partial charge < -0.3 is 10.1 Å². The van der Waals surface area contributed by atoms with Crippen molar-refractivity contribution >= 4 is 29.1 Å². The molecule has 0 radical (unpaired) electrons. The maximum absolute atomic E-state index is 12.4. The number of hydrogen-bond donors (Lipinski definition) is 1. The zero-order valence-corrected chi connectivity index (χ0v) is 15.8. The second kappa shape index (κ2) is 8.72. The zero-order chi connectivity index (χ0) is 18.4. The van der Waals surface area contributed by atoms with Crippen LogP contribution in [0.4, 0.5) is 5.69 Å². The van der Waals surface area contributed by atoms with Crippen LogP contribution in [0.5, 0.6) is 5.75 Å². The van der Waals surface area contributed by atoms with Crippen molar-refractivity contribution in [2.24, 2.45) is 0 Å². The number of Topliss-reactive ketones (excluding diaryl/α,β-unsaturated/α-hetero) is 1. The normalized spacial score (nSPS) is 11.7. The molecular formula is C20H23NO3S. The molecule has 25 heavy (non-hydrogen) atoms. The molecule has 0 aliphatic carbocycles. The maximum atomic E-state index is 12.4. The van der Waals surface area contributed by atoms with Gasteiger partial charge >= 0.3 is 0 Å². The van der Waals surface area contributed by atoms with Crippen LogP contribution in [0.25, 0.3) is 0 Å². The molecule has 4 nitrogen and oxygen atoms in total. The Labute approximate surface area is 153 Å². The summed E-state index contributed by atoms with van der Waals surface area (Å²) in [6.45, 7) is 5.40. The van der Waals surface area contributed by atoms with Gasteiger partial charge in [0.15, 0.2) is 5.78 Å². The molecule has 0 spiro atoms. The number of thioether (sulfide) groups is 1. The molecule has 1 amide bonds. The highest BCUT2D eigenvalue weighted by atomic mass is 32.2. The Hall–Kier alpha value is -2.27. The van der Waals surface area contributed by atoms with Gasteiger partial charge in [0, 0.05) is 22.6 Å². The number of ether oxygens (including phenoxy) is 1. The summed E-state index contributed by atoms with van der Waals surface area (Å²) >= 11 is 1.51. The smallest absolute Gasteiger partial charge is 0.237 e. The van der Waals surface area contributed by atoms with Crippen molar-refractivity contribution < 1.29 is 14.3 Å². The monoisotopic (exact) mass is 357 g/mol. The molecule has 2 aromatic carbocycles. The van der Waals surface area contributed by atoms with Crippen LogP contribution in [-0.2, 0) is 10.5 Å². The molecule has 5 heteroatoms. The fourth-order valence-electron chi connectivity index (χ4n) is 2.37. The number of benzene rings is 2. The topological polar surface area (TPSA) is 55.4 Å². The van der Waals surface area contributed by atoms with Gasteiger partial charge in [-0.2, -0.15) is 0 Å². The minimum atomic E-state index is -0.230. The summed E-state index contributed by atoms with van der Waals surface area (Å²) in [6.07, 6.45) is 0. The van der Waals surface area contributed by atoms with E-state index in [0.29, 0.717) is 11.3 Å². The quantitative estimate of drug-likeness (QED) is 0.743. The highest BCUT2D eigenvalue weighted by molar-refractivity contribution is 7.99. The van der Waals surface area contributed by atoms with E-state index in [0.717, 1.165) is 22.6 Å². The number of rotatable bonds is 7. The predicted octanol–water partition coefficient (Wildman–Crippen LogP) is 4.47. The van der Waals surface area contributed by atoms with Crippen LogP contribution in [-0.4, -0.2) is 24.1 Å². The molecule has 0 saturated heterocycles. The van der Waals surface area contributed by atoms with Crippen LogP contribution in [0, 0.1) is 6.92 Å². The lowest BCUT2D eigenvalue weighted by molar-refractivity contribution is -0.115. The van der Waals surface area contributed by atoms with Crippen molar-refractivity contribution in [3.8, 4) is 5.75 Å². The second-order valence-corrected chi connectivity index (χ2v) is 7.22. The molecule has 0 bridgehead atoms. The van der Waals surface area contributed by atoms with E-state index in [1.807, 2.05) is 44.2 Å². The summed E-state index contributed by atoms with van der Waals surface area (Å²) in [5, 5.41) is 2.70. The molecule has 1 N–H and O–H groups in total. The molecule has 0 saturated carbocycles. The van der Waals surface area contributed by atoms with E-state index >= 15 is 0 Å². The fourth-order valence-corrected chi connectivity index (χ4v) is 3.23. The molecular weight excluding hydrogens is 334 g/mol. The molecule has 0 aliphatic heterocycles. The first-order chi connectivity index (χ1) is 11.9. The van der Waals surface area contributed by atoms with Gasteiger partial charge in [0.2, 0.25) is 5.91 Å². The molecule has 0 fully saturated rings. The van der Waals surface area contributed by atoms with Gasteiger partial charge in [-0.25, -0.2) is 0 Å². The van der Waals surface area contributed by atoms with Gasteiger partial charge in [0.25, 0.3) is 0 Å². The van der Waals surface area contributed by atoms with Crippen LogP contribution >= 0.6 is 11.8 Å². The summed E-state index contributed by atoms with van der Waals surface area (Å²) in [7, 11) is 1.60. The Morgan fingerprint density at radius 2 is 1.96 bits per heavy atom. The maximum Gasteiger partial charge on any atom is 0.237 e. The SMILES string of the molecule is COc1ccc(C(C)=O)cc1CSC(C)C(=O)Nc1cccc(C)c1. The van der Waals surface area contributed by atoms with Gasteiger partial charge in [-0.1, -0.05) is 12.1 Å². The number of ketones is 1. The molecule has 0 aliphatic rings. The van der Waals surface area contributed by atoms with Gasteiger partial charge in [-0.05, 0) is 56.7 Å². The van der Waals surface area contributed by atoms with Crippen LogP contribution in [0.15, 0.2) is 42.5 Å². The number of anilines is 1. The number of hydrogen-bond acceptors (Lipinski definition) is 4. The lowest BCUT2D eigenvalue weighted by atomic mass is 10.1. The van der Waals surface area contributed by atoms with E-state index in [-0.39, 0.29) is 16.9 Å². The average Bonchev–Trinajstić information content (AvgIpc) is 2.59. The second-order valence-electron chi connectivity index (χ2n) is 5.89. The number of methoxy groups -OCH3 is 1. The van der Waals surface area contributed by atoms with E-state index in [4.69, 9.17) is 4.74 Å². The predicted molar refractivity (Wildman–Crippen MR) is 104 cm³/mol. The average molecular weight is 357 g/mol. The van der Waals surface area contributed by atoms with Crippen molar-refractivity contribution in [2.75, 3.05) is 12.4 Å². The first kappa shape index (κ1) is 19.1. The summed E-state index contributed by atoms with van der Waals surface area (Å²) in [5.74, 6) is 1.28. The van der Waals surface area contributed by atoms with Crippen molar-refractivity contribution in [1.29, 1.82) is 0 Å². The van der Waals surface area contributed by atoms with Crippen LogP contribution in [0.2, 0.25) is 0 Å². The Bertz CT molecular complexity index is 773. The molecule has 132 valence electrons. The van der Waals surface area contributed by atoms with Gasteiger partial charge in [-0.3, -0.25) is 9.59 Å². The molecule has 1 unspecified atom stereocenters. The number of carbonyl (C=O) groups excluding carboxylic acids is 2. The molecule has 2 aromatic rings. The third kappa shape index (κ3) is 5.36. The molecule has 2 rings (SSSR count). The highest BCUT2D eigenvalue weighted by Crippen LogP contribution is 2.27. The molecule has 0 heterocycles. The van der Waals surface area contributed by atoms with E-state index < -0.39 is 0 Å². The Balaban J connectivity index is 2.01. The summed E-state index contributed by atoms with van der Waals surface area (Å²) in [4.78, 5) is 23.9. The third-order valence-corrected chi connectivity index (χ3v) is 5.02. The summed E-state index contributed by atoms with van der Waals surface area (Å²) < 4.78 is 5.36. The van der Waals surface area contributed by atoms with E-state index in [1.165, 1.54) is 18.7 Å². The minimum Gasteiger partial charge on any atom is -0.496 e. The van der Waals surface area contributed by atoms with E-state index in [9.17, 15) is 9.59 Å². The standard InChI is InChI=1S/C20H23NO3S/c1-13-6-5-7-18(10-13)21-20(23)15(3)25-12-17-11-16(14(2)22)8-9-19(17)24-4/h5-11,15H,12H2,1-4H3,(H,21,23). The molecule has 0 aromatic heterocycles. The van der Waals surface area contributed by atoms with E-state index in [2.05, 4.69) is 5.32 Å². The van der Waals surface area contributed by atoms with Crippen molar-refractivity contribution in [1.82, 2.24) is 0 Å². The first-order valence-electron chi connectivity index (χ1n) is 8.07. The Morgan fingerprint density at radius 1 is 1.20 bits per heavy atom. The number of amides is 1. The first-order valence-corrected chi connectivity index (χ1v) is 9.12. The van der Waals surface area contributed by atoms with Gasteiger partial charge in [-0.15, -0.1) is 11.8 Å². The summed E-state index contributed by atoms with van der Waals surface area (Å²) in [6, 6.07) is 13.1.